The highest BCUT2D eigenvalue weighted by Gasteiger charge is 2.24. The minimum Gasteiger partial charge on any atom is -0.456 e. The van der Waals surface area contributed by atoms with Crippen molar-refractivity contribution in [2.24, 2.45) is 0 Å². The summed E-state index contributed by atoms with van der Waals surface area (Å²) in [6.07, 6.45) is 0. The highest BCUT2D eigenvalue weighted by Crippen LogP contribution is 2.45. The predicted molar refractivity (Wildman–Crippen MR) is 312 cm³/mol. The molecule has 0 N–H and O–H groups in total. The molecule has 5 heterocycles. The Morgan fingerprint density at radius 3 is 1.37 bits per heavy atom. The zero-order chi connectivity index (χ0) is 49.8. The maximum absolute atomic E-state index is 6.69. The molecule has 0 fully saturated rings. The fraction of sp³-hybridized carbons (Fsp3) is 0. The lowest BCUT2D eigenvalue weighted by Crippen LogP contribution is -2.06. The van der Waals surface area contributed by atoms with Crippen LogP contribution in [0.5, 0.6) is 0 Å². The highest BCUT2D eigenvalue weighted by atomic mass is 16.3. The van der Waals surface area contributed by atoms with Gasteiger partial charge in [-0.05, 0) is 101 Å². The van der Waals surface area contributed by atoms with Crippen molar-refractivity contribution in [3.8, 4) is 62.4 Å². The van der Waals surface area contributed by atoms with Crippen molar-refractivity contribution in [1.29, 1.82) is 0 Å². The largest absolute Gasteiger partial charge is 0.456 e. The monoisotopic (exact) mass is 970 g/mol. The molecular weight excluding hydrogens is 929 g/mol. The van der Waals surface area contributed by atoms with E-state index in [1.807, 2.05) is 60.7 Å². The second-order valence-electron chi connectivity index (χ2n) is 19.5. The van der Waals surface area contributed by atoms with Gasteiger partial charge in [-0.3, -0.25) is 4.57 Å². The van der Waals surface area contributed by atoms with E-state index in [0.717, 1.165) is 94.0 Å². The number of nitrogens with zero attached hydrogens (tertiary/aromatic N) is 6. The number of hydrogen-bond donors (Lipinski definition) is 0. The highest BCUT2D eigenvalue weighted by molar-refractivity contribution is 6.25. The van der Waals surface area contributed by atoms with Crippen LogP contribution in [0.4, 0.5) is 0 Å². The molecule has 0 bridgehead atoms. The Bertz CT molecular complexity index is 4920. The Hall–Kier alpha value is -10.4. The first-order chi connectivity index (χ1) is 37.7. The molecule has 11 aromatic carbocycles. The Labute approximate surface area is 435 Å². The molecule has 0 saturated heterocycles. The van der Waals surface area contributed by atoms with Crippen molar-refractivity contribution in [2.75, 3.05) is 0 Å². The van der Waals surface area contributed by atoms with Gasteiger partial charge >= 0.3 is 0 Å². The zero-order valence-corrected chi connectivity index (χ0v) is 40.8. The van der Waals surface area contributed by atoms with E-state index < -0.39 is 0 Å². The van der Waals surface area contributed by atoms with Gasteiger partial charge in [-0.1, -0.05) is 176 Å². The topological polar surface area (TPSA) is 66.6 Å². The van der Waals surface area contributed by atoms with Gasteiger partial charge in [-0.15, -0.1) is 0 Å². The summed E-state index contributed by atoms with van der Waals surface area (Å²) in [5.41, 5.74) is 17.0. The summed E-state index contributed by atoms with van der Waals surface area (Å²) in [6, 6.07) is 90.4. The summed E-state index contributed by atoms with van der Waals surface area (Å²) >= 11 is 0. The normalized spacial score (nSPS) is 11.9. The maximum atomic E-state index is 6.69. The molecule has 7 heteroatoms. The molecule has 16 aromatic rings. The Morgan fingerprint density at radius 2 is 0.737 bits per heavy atom. The third-order valence-corrected chi connectivity index (χ3v) is 15.3. The molecule has 76 heavy (non-hydrogen) atoms. The van der Waals surface area contributed by atoms with Crippen LogP contribution >= 0.6 is 0 Å². The summed E-state index contributed by atoms with van der Waals surface area (Å²) in [5.74, 6) is 1.81. The zero-order valence-electron chi connectivity index (χ0n) is 40.8. The Morgan fingerprint density at radius 1 is 0.276 bits per heavy atom. The van der Waals surface area contributed by atoms with Crippen molar-refractivity contribution in [3.05, 3.63) is 255 Å². The number of hydrogen-bond acceptors (Lipinski definition) is 4. The van der Waals surface area contributed by atoms with Gasteiger partial charge in [0.2, 0.25) is 5.95 Å². The van der Waals surface area contributed by atoms with E-state index in [1.54, 1.807) is 0 Å². The molecule has 0 atom stereocenters. The number of rotatable bonds is 7. The Kier molecular flexibility index (Phi) is 9.20. The van der Waals surface area contributed by atoms with Crippen LogP contribution in [0, 0.1) is 0 Å². The molecule has 0 saturated carbocycles. The van der Waals surface area contributed by atoms with Crippen LogP contribution in [-0.4, -0.2) is 28.7 Å². The first kappa shape index (κ1) is 42.2. The van der Waals surface area contributed by atoms with Crippen LogP contribution in [0.1, 0.15) is 0 Å². The third-order valence-electron chi connectivity index (χ3n) is 15.3. The van der Waals surface area contributed by atoms with E-state index in [2.05, 4.69) is 208 Å². The van der Waals surface area contributed by atoms with E-state index in [0.29, 0.717) is 17.6 Å². The second kappa shape index (κ2) is 16.6. The van der Waals surface area contributed by atoms with E-state index >= 15 is 0 Å². The van der Waals surface area contributed by atoms with Crippen LogP contribution in [0.25, 0.3) is 150 Å². The third kappa shape index (κ3) is 6.39. The summed E-state index contributed by atoms with van der Waals surface area (Å²) in [6.45, 7) is 0. The predicted octanol–water partition coefficient (Wildman–Crippen LogP) is 17.7. The van der Waals surface area contributed by atoms with Crippen molar-refractivity contribution < 1.29 is 4.42 Å². The summed E-state index contributed by atoms with van der Waals surface area (Å²) in [7, 11) is 0. The van der Waals surface area contributed by atoms with Gasteiger partial charge in [-0.2, -0.15) is 9.97 Å². The van der Waals surface area contributed by atoms with Gasteiger partial charge < -0.3 is 13.6 Å². The molecule has 0 spiro atoms. The number of fused-ring (bicyclic) bond motifs is 13. The van der Waals surface area contributed by atoms with E-state index in [-0.39, 0.29) is 0 Å². The van der Waals surface area contributed by atoms with Crippen LogP contribution in [0.2, 0.25) is 0 Å². The standard InChI is InChI=1S/C69H42N6O/c1-5-18-43(19-6-1)67-70-68(44-20-7-2-8-21-44)72-69(71-67)75-59-30-16-14-27-52(59)55-40-45(32-37-61(55)75)46-34-39-62-57(41-46)64-50(28-17-31-63(64)76-62)47-33-38-60-56(42-47)54-36-35-53-51-26-13-15-29-58(51)73(48-22-9-3-10-23-48)65(53)66(54)74(60)49-24-11-4-12-25-49/h1-42H. The summed E-state index contributed by atoms with van der Waals surface area (Å²) in [5, 5.41) is 9.22. The molecule has 16 rings (SSSR count). The molecule has 0 aliphatic carbocycles. The fourth-order valence-electron chi connectivity index (χ4n) is 11.9. The lowest BCUT2D eigenvalue weighted by atomic mass is 9.96. The van der Waals surface area contributed by atoms with Gasteiger partial charge in [0.1, 0.15) is 11.2 Å². The Balaban J connectivity index is 0.867. The molecule has 354 valence electrons. The van der Waals surface area contributed by atoms with Crippen LogP contribution in [0.15, 0.2) is 259 Å². The minimum absolute atomic E-state index is 0.567. The van der Waals surface area contributed by atoms with Crippen LogP contribution in [-0.2, 0) is 0 Å². The minimum atomic E-state index is 0.567. The van der Waals surface area contributed by atoms with Gasteiger partial charge in [0.15, 0.2) is 11.6 Å². The summed E-state index contributed by atoms with van der Waals surface area (Å²) in [4.78, 5) is 15.3. The average Bonchev–Trinajstić information content (AvgIpc) is 4.35. The maximum Gasteiger partial charge on any atom is 0.238 e. The van der Waals surface area contributed by atoms with Crippen molar-refractivity contribution in [3.63, 3.8) is 0 Å². The molecule has 0 amide bonds. The molecule has 7 nitrogen and oxygen atoms in total. The van der Waals surface area contributed by atoms with Crippen LogP contribution < -0.4 is 0 Å². The van der Waals surface area contributed by atoms with Crippen molar-refractivity contribution >= 4 is 87.4 Å². The number of furan rings is 1. The first-order valence-electron chi connectivity index (χ1n) is 25.7. The molecule has 0 aliphatic rings. The number of para-hydroxylation sites is 4. The van der Waals surface area contributed by atoms with Gasteiger partial charge in [-0.25, -0.2) is 4.98 Å². The average molecular weight is 971 g/mol. The van der Waals surface area contributed by atoms with Crippen molar-refractivity contribution in [1.82, 2.24) is 28.7 Å². The van der Waals surface area contributed by atoms with Crippen molar-refractivity contribution in [2.45, 2.75) is 0 Å². The van der Waals surface area contributed by atoms with E-state index in [1.165, 1.54) is 38.1 Å². The molecule has 0 radical (unpaired) electrons. The lowest BCUT2D eigenvalue weighted by Gasteiger charge is -2.12. The van der Waals surface area contributed by atoms with Crippen LogP contribution in [0.3, 0.4) is 0 Å². The molecule has 0 unspecified atom stereocenters. The number of benzene rings is 11. The SMILES string of the molecule is c1ccc(-c2nc(-c3ccccc3)nc(-n3c4ccccc4c4cc(-c5ccc6oc7cccc(-c8ccc9c(c8)c8ccc%10c%11ccccc%11n(-c%11ccccc%11)c%10c8n9-c8ccccc8)c7c6c5)ccc43)n2)cc1. The number of aromatic nitrogens is 6. The van der Waals surface area contributed by atoms with Gasteiger partial charge in [0, 0.05) is 65.6 Å². The first-order valence-corrected chi connectivity index (χ1v) is 25.7. The van der Waals surface area contributed by atoms with Gasteiger partial charge in [0.25, 0.3) is 0 Å². The quantitative estimate of drug-likeness (QED) is 0.160. The molecule has 0 aliphatic heterocycles. The lowest BCUT2D eigenvalue weighted by molar-refractivity contribution is 0.669. The van der Waals surface area contributed by atoms with E-state index in [9.17, 15) is 0 Å². The smallest absolute Gasteiger partial charge is 0.238 e. The second-order valence-corrected chi connectivity index (χ2v) is 19.5. The summed E-state index contributed by atoms with van der Waals surface area (Å²) < 4.78 is 13.8. The molecular formula is C69H42N6O. The van der Waals surface area contributed by atoms with E-state index in [4.69, 9.17) is 19.4 Å². The van der Waals surface area contributed by atoms with Gasteiger partial charge in [0.05, 0.1) is 33.1 Å². The fourth-order valence-corrected chi connectivity index (χ4v) is 11.9. The molecule has 5 aromatic heterocycles.